The number of imide groups is 1. The molecule has 4 rings (SSSR count). The van der Waals surface area contributed by atoms with Gasteiger partial charge in [0.1, 0.15) is 5.70 Å². The van der Waals surface area contributed by atoms with Crippen molar-refractivity contribution in [3.05, 3.63) is 100 Å². The first-order chi connectivity index (χ1) is 14.8. The van der Waals surface area contributed by atoms with E-state index in [-0.39, 0.29) is 17.0 Å². The molecule has 1 aliphatic rings. The number of halogens is 2. The molecule has 0 unspecified atom stereocenters. The monoisotopic (exact) mass is 418 g/mol. The third kappa shape index (κ3) is 3.72. The van der Waals surface area contributed by atoms with Crippen LogP contribution in [0.2, 0.25) is 0 Å². The van der Waals surface area contributed by atoms with Crippen molar-refractivity contribution in [3.63, 3.8) is 0 Å². The smallest absolute Gasteiger partial charge is 0.282 e. The van der Waals surface area contributed by atoms with E-state index in [1.807, 2.05) is 51.1 Å². The van der Waals surface area contributed by atoms with E-state index < -0.39 is 23.4 Å². The first-order valence-corrected chi connectivity index (χ1v) is 9.75. The van der Waals surface area contributed by atoms with E-state index in [1.165, 1.54) is 6.07 Å². The van der Waals surface area contributed by atoms with Crippen molar-refractivity contribution in [2.24, 2.45) is 0 Å². The van der Waals surface area contributed by atoms with E-state index in [0.717, 1.165) is 33.7 Å². The topological polar surface area (TPSA) is 49.4 Å². The summed E-state index contributed by atoms with van der Waals surface area (Å²) in [5.41, 5.74) is 4.37. The number of aryl methyl sites for hydroxylation is 3. The van der Waals surface area contributed by atoms with Crippen LogP contribution < -0.4 is 10.2 Å². The molecule has 4 nitrogen and oxygen atoms in total. The molecule has 0 fully saturated rings. The van der Waals surface area contributed by atoms with Crippen LogP contribution in [0.15, 0.2) is 66.4 Å². The summed E-state index contributed by atoms with van der Waals surface area (Å²) in [6.45, 7) is 5.74. The van der Waals surface area contributed by atoms with E-state index >= 15 is 0 Å². The number of carbonyl (C=O) groups is 2. The zero-order chi connectivity index (χ0) is 22.3. The molecule has 0 atom stereocenters. The lowest BCUT2D eigenvalue weighted by molar-refractivity contribution is -0.120. The second-order valence-corrected chi connectivity index (χ2v) is 7.60. The number of hydrogen-bond donors (Lipinski definition) is 1. The van der Waals surface area contributed by atoms with E-state index in [9.17, 15) is 18.4 Å². The van der Waals surface area contributed by atoms with Crippen molar-refractivity contribution >= 4 is 28.8 Å². The first-order valence-electron chi connectivity index (χ1n) is 9.75. The average Bonchev–Trinajstić information content (AvgIpc) is 2.97. The van der Waals surface area contributed by atoms with Gasteiger partial charge in [0.15, 0.2) is 11.6 Å². The van der Waals surface area contributed by atoms with Crippen molar-refractivity contribution in [3.8, 4) is 0 Å². The van der Waals surface area contributed by atoms with Gasteiger partial charge in [-0.1, -0.05) is 42.0 Å². The molecule has 0 radical (unpaired) electrons. The minimum absolute atomic E-state index is 0.0312. The summed E-state index contributed by atoms with van der Waals surface area (Å²) < 4.78 is 27.3. The largest absolute Gasteiger partial charge is 0.350 e. The molecular formula is C25H20F2N2O2. The van der Waals surface area contributed by atoms with Gasteiger partial charge in [0, 0.05) is 11.8 Å². The quantitative estimate of drug-likeness (QED) is 0.586. The Morgan fingerprint density at radius 2 is 1.42 bits per heavy atom. The summed E-state index contributed by atoms with van der Waals surface area (Å²) in [6.07, 6.45) is 0. The van der Waals surface area contributed by atoms with Gasteiger partial charge < -0.3 is 5.32 Å². The summed E-state index contributed by atoms with van der Waals surface area (Å²) in [6, 6.07) is 15.9. The second-order valence-electron chi connectivity index (χ2n) is 7.60. The van der Waals surface area contributed by atoms with Gasteiger partial charge in [-0.2, -0.15) is 0 Å². The second kappa shape index (κ2) is 7.80. The molecule has 2 amide bonds. The fraction of sp³-hybridized carbons (Fsp3) is 0.120. The fourth-order valence-electron chi connectivity index (χ4n) is 3.50. The minimum Gasteiger partial charge on any atom is -0.350 e. The molecule has 3 aromatic rings. The van der Waals surface area contributed by atoms with E-state index in [4.69, 9.17) is 0 Å². The van der Waals surface area contributed by atoms with Crippen LogP contribution in [0.25, 0.3) is 5.57 Å². The van der Waals surface area contributed by atoms with Crippen LogP contribution in [0.3, 0.4) is 0 Å². The van der Waals surface area contributed by atoms with Gasteiger partial charge >= 0.3 is 0 Å². The molecule has 1 N–H and O–H groups in total. The lowest BCUT2D eigenvalue weighted by Crippen LogP contribution is -2.32. The number of anilines is 2. The molecule has 31 heavy (non-hydrogen) atoms. The lowest BCUT2D eigenvalue weighted by atomic mass is 10.0. The highest BCUT2D eigenvalue weighted by Gasteiger charge is 2.40. The van der Waals surface area contributed by atoms with Gasteiger partial charge in [-0.15, -0.1) is 0 Å². The van der Waals surface area contributed by atoms with E-state index in [2.05, 4.69) is 5.32 Å². The summed E-state index contributed by atoms with van der Waals surface area (Å²) in [7, 11) is 0. The zero-order valence-corrected chi connectivity index (χ0v) is 17.3. The minimum atomic E-state index is -1.13. The highest BCUT2D eigenvalue weighted by molar-refractivity contribution is 6.46. The Labute approximate surface area is 178 Å². The van der Waals surface area contributed by atoms with Crippen LogP contribution in [0, 0.1) is 32.4 Å². The van der Waals surface area contributed by atoms with Crippen LogP contribution >= 0.6 is 0 Å². The third-order valence-corrected chi connectivity index (χ3v) is 5.24. The van der Waals surface area contributed by atoms with Crippen LogP contribution in [0.4, 0.5) is 20.2 Å². The molecule has 0 spiro atoms. The van der Waals surface area contributed by atoms with E-state index in [1.54, 1.807) is 12.1 Å². The number of nitrogens with one attached hydrogen (secondary N) is 1. The number of hydrogen-bond acceptors (Lipinski definition) is 3. The highest BCUT2D eigenvalue weighted by atomic mass is 19.2. The van der Waals surface area contributed by atoms with Gasteiger partial charge in [-0.3, -0.25) is 9.59 Å². The molecule has 0 saturated carbocycles. The Balaban J connectivity index is 1.85. The number of rotatable bonds is 4. The number of carbonyl (C=O) groups excluding carboxylic acids is 2. The number of nitrogens with zero attached hydrogens (tertiary/aromatic N) is 1. The van der Waals surface area contributed by atoms with Crippen LogP contribution in [0.5, 0.6) is 0 Å². The predicted octanol–water partition coefficient (Wildman–Crippen LogP) is 5.29. The molecular weight excluding hydrogens is 398 g/mol. The Morgan fingerprint density at radius 3 is 2.10 bits per heavy atom. The van der Waals surface area contributed by atoms with Crippen molar-refractivity contribution < 1.29 is 18.4 Å². The lowest BCUT2D eigenvalue weighted by Gasteiger charge is -2.16. The molecule has 0 saturated heterocycles. The van der Waals surface area contributed by atoms with Crippen molar-refractivity contribution in [2.75, 3.05) is 10.2 Å². The molecule has 1 heterocycles. The molecule has 156 valence electrons. The van der Waals surface area contributed by atoms with Crippen LogP contribution in [-0.4, -0.2) is 11.8 Å². The van der Waals surface area contributed by atoms with Crippen LogP contribution in [0.1, 0.15) is 22.3 Å². The maximum atomic E-state index is 13.8. The fourth-order valence-corrected chi connectivity index (χ4v) is 3.50. The standard InChI is InChI=1S/C25H20F2N2O2/c1-14-5-8-17(9-6-14)22-23(28-21-12-15(2)4-7-16(21)3)25(31)29(24(22)30)18-10-11-19(26)20(27)13-18/h4-13,28H,1-3H3. The molecule has 1 aliphatic heterocycles. The summed E-state index contributed by atoms with van der Waals surface area (Å²) in [5, 5.41) is 3.12. The molecule has 0 aliphatic carbocycles. The molecule has 0 aromatic heterocycles. The summed E-state index contributed by atoms with van der Waals surface area (Å²) in [4.78, 5) is 27.5. The van der Waals surface area contributed by atoms with Gasteiger partial charge in [0.05, 0.1) is 11.3 Å². The number of amides is 2. The Hall–Kier alpha value is -3.80. The Bertz CT molecular complexity index is 1250. The molecule has 0 bridgehead atoms. The van der Waals surface area contributed by atoms with Gasteiger partial charge in [-0.05, 0) is 55.7 Å². The maximum Gasteiger partial charge on any atom is 0.282 e. The zero-order valence-electron chi connectivity index (χ0n) is 17.3. The Morgan fingerprint density at radius 1 is 0.742 bits per heavy atom. The predicted molar refractivity (Wildman–Crippen MR) is 116 cm³/mol. The van der Waals surface area contributed by atoms with Crippen molar-refractivity contribution in [1.82, 2.24) is 0 Å². The average molecular weight is 418 g/mol. The maximum absolute atomic E-state index is 13.8. The third-order valence-electron chi connectivity index (χ3n) is 5.24. The SMILES string of the molecule is Cc1ccc(C2=C(Nc3cc(C)ccc3C)C(=O)N(c3ccc(F)c(F)c3)C2=O)cc1. The van der Waals surface area contributed by atoms with Crippen molar-refractivity contribution in [2.45, 2.75) is 20.8 Å². The first kappa shape index (κ1) is 20.5. The molecule has 3 aromatic carbocycles. The molecule has 6 heteroatoms. The summed E-state index contributed by atoms with van der Waals surface area (Å²) in [5.74, 6) is -3.42. The van der Waals surface area contributed by atoms with Gasteiger partial charge in [0.2, 0.25) is 0 Å². The number of benzene rings is 3. The highest BCUT2D eigenvalue weighted by Crippen LogP contribution is 2.35. The van der Waals surface area contributed by atoms with Gasteiger partial charge in [-0.25, -0.2) is 13.7 Å². The van der Waals surface area contributed by atoms with E-state index in [0.29, 0.717) is 11.3 Å². The van der Waals surface area contributed by atoms with Crippen molar-refractivity contribution in [1.29, 1.82) is 0 Å². The van der Waals surface area contributed by atoms with Gasteiger partial charge in [0.25, 0.3) is 11.8 Å². The summed E-state index contributed by atoms with van der Waals surface area (Å²) >= 11 is 0. The Kier molecular flexibility index (Phi) is 5.15. The normalized spacial score (nSPS) is 13.9. The van der Waals surface area contributed by atoms with Crippen LogP contribution in [-0.2, 0) is 9.59 Å².